The van der Waals surface area contributed by atoms with Crippen molar-refractivity contribution in [2.24, 2.45) is 0 Å². The Kier molecular flexibility index (Phi) is 5.46. The zero-order chi connectivity index (χ0) is 20.1. The monoisotopic (exact) mass is 392 g/mol. The number of rotatable bonds is 8. The van der Waals surface area contributed by atoms with E-state index in [1.54, 1.807) is 30.5 Å². The van der Waals surface area contributed by atoms with E-state index in [-0.39, 0.29) is 11.5 Å². The van der Waals surface area contributed by atoms with E-state index in [1.807, 2.05) is 12.1 Å². The maximum atomic E-state index is 12.1. The van der Waals surface area contributed by atoms with Crippen LogP contribution < -0.4 is 10.9 Å². The van der Waals surface area contributed by atoms with Gasteiger partial charge in [0.2, 0.25) is 11.7 Å². The van der Waals surface area contributed by atoms with Crippen molar-refractivity contribution in [3.05, 3.63) is 64.7 Å². The van der Waals surface area contributed by atoms with E-state index in [1.165, 1.54) is 0 Å². The lowest BCUT2D eigenvalue weighted by Gasteiger charge is -2.05. The number of aromatic nitrogens is 5. The van der Waals surface area contributed by atoms with Gasteiger partial charge in [-0.2, -0.15) is 5.10 Å². The minimum absolute atomic E-state index is 0.0566. The van der Waals surface area contributed by atoms with Crippen molar-refractivity contribution in [1.29, 1.82) is 0 Å². The van der Waals surface area contributed by atoms with Crippen LogP contribution in [0.3, 0.4) is 0 Å². The minimum Gasteiger partial charge on any atom is -0.461 e. The van der Waals surface area contributed by atoms with Gasteiger partial charge in [0.25, 0.3) is 5.56 Å². The van der Waals surface area contributed by atoms with E-state index >= 15 is 0 Å². The first-order valence-electron chi connectivity index (χ1n) is 9.39. The SMILES string of the molecule is O=C(CCCc1nc2ccccc2c(=O)[nH]1)NCCc1nc(-c2ccco2)n[nH]1. The predicted molar refractivity (Wildman–Crippen MR) is 106 cm³/mol. The molecule has 9 heteroatoms. The molecule has 0 fully saturated rings. The highest BCUT2D eigenvalue weighted by Gasteiger charge is 2.09. The molecule has 4 aromatic rings. The molecule has 29 heavy (non-hydrogen) atoms. The van der Waals surface area contributed by atoms with E-state index in [9.17, 15) is 9.59 Å². The zero-order valence-corrected chi connectivity index (χ0v) is 15.6. The van der Waals surface area contributed by atoms with Crippen LogP contribution in [0.5, 0.6) is 0 Å². The average Bonchev–Trinajstić information content (AvgIpc) is 3.40. The number of aromatic amines is 2. The molecule has 0 atom stereocenters. The summed E-state index contributed by atoms with van der Waals surface area (Å²) in [7, 11) is 0. The molecule has 0 bridgehead atoms. The van der Waals surface area contributed by atoms with Gasteiger partial charge in [0, 0.05) is 25.8 Å². The van der Waals surface area contributed by atoms with E-state index in [2.05, 4.69) is 30.5 Å². The van der Waals surface area contributed by atoms with Crippen LogP contribution in [0.2, 0.25) is 0 Å². The van der Waals surface area contributed by atoms with Crippen LogP contribution >= 0.6 is 0 Å². The quantitative estimate of drug-likeness (QED) is 0.420. The van der Waals surface area contributed by atoms with Crippen molar-refractivity contribution in [1.82, 2.24) is 30.5 Å². The second kappa shape index (κ2) is 8.51. The molecular weight excluding hydrogens is 372 g/mol. The maximum absolute atomic E-state index is 12.1. The molecule has 0 saturated carbocycles. The van der Waals surface area contributed by atoms with Gasteiger partial charge in [0.1, 0.15) is 11.6 Å². The third-order valence-corrected chi connectivity index (χ3v) is 4.44. The Hall–Kier alpha value is -3.75. The van der Waals surface area contributed by atoms with Gasteiger partial charge in [-0.25, -0.2) is 9.97 Å². The second-order valence-electron chi connectivity index (χ2n) is 6.57. The number of fused-ring (bicyclic) bond motifs is 1. The number of nitrogens with zero attached hydrogens (tertiary/aromatic N) is 3. The molecule has 3 heterocycles. The number of para-hydroxylation sites is 1. The first kappa shape index (κ1) is 18.6. The van der Waals surface area contributed by atoms with Crippen LogP contribution in [0, 0.1) is 0 Å². The Labute approximate surface area is 165 Å². The summed E-state index contributed by atoms with van der Waals surface area (Å²) in [6.07, 6.45) is 3.58. The Bertz CT molecular complexity index is 1160. The standard InChI is InChI=1S/C20H20N6O3/c27-18(21-11-10-17-23-19(26-25-17)15-7-4-12-29-15)9-3-8-16-22-14-6-2-1-5-13(14)20(28)24-16/h1-2,4-7,12H,3,8-11H2,(H,21,27)(H,22,24,28)(H,23,25,26). The number of benzene rings is 1. The van der Waals surface area contributed by atoms with Gasteiger partial charge in [0.15, 0.2) is 5.76 Å². The normalized spacial score (nSPS) is 11.0. The average molecular weight is 392 g/mol. The molecule has 9 nitrogen and oxygen atoms in total. The molecule has 148 valence electrons. The molecule has 1 amide bonds. The Morgan fingerprint density at radius 2 is 1.97 bits per heavy atom. The van der Waals surface area contributed by atoms with Gasteiger partial charge in [-0.05, 0) is 30.7 Å². The summed E-state index contributed by atoms with van der Waals surface area (Å²) in [6.45, 7) is 0.455. The molecule has 0 aliphatic rings. The molecule has 3 N–H and O–H groups in total. The van der Waals surface area contributed by atoms with E-state index in [0.717, 1.165) is 0 Å². The number of aryl methyl sites for hydroxylation is 1. The number of H-pyrrole nitrogens is 2. The van der Waals surface area contributed by atoms with Crippen molar-refractivity contribution in [2.45, 2.75) is 25.7 Å². The van der Waals surface area contributed by atoms with Crippen LogP contribution in [-0.4, -0.2) is 37.6 Å². The fraction of sp³-hybridized carbons (Fsp3) is 0.250. The second-order valence-corrected chi connectivity index (χ2v) is 6.57. The molecule has 4 rings (SSSR count). The summed E-state index contributed by atoms with van der Waals surface area (Å²) >= 11 is 0. The number of hydrogen-bond acceptors (Lipinski definition) is 6. The fourth-order valence-electron chi connectivity index (χ4n) is 3.00. The van der Waals surface area contributed by atoms with Gasteiger partial charge in [-0.3, -0.25) is 14.7 Å². The van der Waals surface area contributed by atoms with Crippen LogP contribution in [0.1, 0.15) is 24.5 Å². The van der Waals surface area contributed by atoms with E-state index in [4.69, 9.17) is 4.42 Å². The summed E-state index contributed by atoms with van der Waals surface area (Å²) in [5, 5.41) is 10.4. The Balaban J connectivity index is 1.21. The van der Waals surface area contributed by atoms with Crippen molar-refractivity contribution < 1.29 is 9.21 Å². The van der Waals surface area contributed by atoms with Crippen LogP contribution in [0.15, 0.2) is 51.9 Å². The van der Waals surface area contributed by atoms with Crippen molar-refractivity contribution in [3.63, 3.8) is 0 Å². The lowest BCUT2D eigenvalue weighted by atomic mass is 10.2. The largest absolute Gasteiger partial charge is 0.461 e. The molecule has 0 saturated heterocycles. The Morgan fingerprint density at radius 3 is 2.83 bits per heavy atom. The number of furan rings is 1. The van der Waals surface area contributed by atoms with Gasteiger partial charge >= 0.3 is 0 Å². The van der Waals surface area contributed by atoms with Crippen molar-refractivity contribution >= 4 is 16.8 Å². The summed E-state index contributed by atoms with van der Waals surface area (Å²) in [4.78, 5) is 35.6. The number of nitrogens with one attached hydrogen (secondary N) is 3. The lowest BCUT2D eigenvalue weighted by molar-refractivity contribution is -0.121. The summed E-state index contributed by atoms with van der Waals surface area (Å²) < 4.78 is 5.25. The van der Waals surface area contributed by atoms with Crippen molar-refractivity contribution in [2.75, 3.05) is 6.54 Å². The number of hydrogen-bond donors (Lipinski definition) is 3. The third kappa shape index (κ3) is 4.57. The fourth-order valence-corrected chi connectivity index (χ4v) is 3.00. The highest BCUT2D eigenvalue weighted by molar-refractivity contribution is 5.77. The van der Waals surface area contributed by atoms with Gasteiger partial charge in [-0.15, -0.1) is 0 Å². The summed E-state index contributed by atoms with van der Waals surface area (Å²) in [5.41, 5.74) is 0.507. The van der Waals surface area contributed by atoms with Gasteiger partial charge in [-0.1, -0.05) is 12.1 Å². The van der Waals surface area contributed by atoms with Crippen LogP contribution in [-0.2, 0) is 17.6 Å². The molecule has 3 aromatic heterocycles. The molecular formula is C20H20N6O3. The number of carbonyl (C=O) groups is 1. The van der Waals surface area contributed by atoms with Crippen molar-refractivity contribution in [3.8, 4) is 11.6 Å². The topological polar surface area (TPSA) is 130 Å². The predicted octanol–water partition coefficient (Wildman–Crippen LogP) is 1.98. The van der Waals surface area contributed by atoms with Crippen LogP contribution in [0.25, 0.3) is 22.5 Å². The first-order valence-corrected chi connectivity index (χ1v) is 9.39. The molecule has 0 aliphatic heterocycles. The number of amides is 1. The lowest BCUT2D eigenvalue weighted by Crippen LogP contribution is -2.25. The van der Waals surface area contributed by atoms with Crippen LogP contribution in [0.4, 0.5) is 0 Å². The number of carbonyl (C=O) groups excluding carboxylic acids is 1. The highest BCUT2D eigenvalue weighted by atomic mass is 16.3. The molecule has 0 aliphatic carbocycles. The molecule has 1 aromatic carbocycles. The summed E-state index contributed by atoms with van der Waals surface area (Å²) in [6, 6.07) is 10.8. The smallest absolute Gasteiger partial charge is 0.258 e. The zero-order valence-electron chi connectivity index (χ0n) is 15.6. The van der Waals surface area contributed by atoms with E-state index in [0.29, 0.717) is 66.4 Å². The molecule has 0 unspecified atom stereocenters. The minimum atomic E-state index is -0.156. The van der Waals surface area contributed by atoms with E-state index < -0.39 is 0 Å². The maximum Gasteiger partial charge on any atom is 0.258 e. The first-order chi connectivity index (χ1) is 14.2. The highest BCUT2D eigenvalue weighted by Crippen LogP contribution is 2.14. The third-order valence-electron chi connectivity index (χ3n) is 4.44. The summed E-state index contributed by atoms with van der Waals surface area (Å²) in [5.74, 6) is 2.30. The van der Waals surface area contributed by atoms with Gasteiger partial charge < -0.3 is 14.7 Å². The Morgan fingerprint density at radius 1 is 1.07 bits per heavy atom. The van der Waals surface area contributed by atoms with Gasteiger partial charge in [0.05, 0.1) is 17.2 Å². The molecule has 0 radical (unpaired) electrons. The molecule has 0 spiro atoms.